The van der Waals surface area contributed by atoms with Crippen molar-refractivity contribution >= 4 is 18.0 Å². The maximum absolute atomic E-state index is 9.87. The molecule has 7 heavy (non-hydrogen) atoms. The first-order chi connectivity index (χ1) is 3.43. The van der Waals surface area contributed by atoms with Gasteiger partial charge in [0.15, 0.2) is 6.29 Å². The standard InChI is InChI=1S/C5H4OS/c6-4-5-2-1-3-7-5/h1,4H,3H2. The lowest BCUT2D eigenvalue weighted by Crippen LogP contribution is -1.68. The molecule has 0 bridgehead atoms. The summed E-state index contributed by atoms with van der Waals surface area (Å²) in [6, 6.07) is 0. The van der Waals surface area contributed by atoms with Gasteiger partial charge in [0.05, 0.1) is 4.91 Å². The van der Waals surface area contributed by atoms with Crippen LogP contribution in [0.2, 0.25) is 0 Å². The Bertz CT molecular complexity index is 142. The third-order valence-electron chi connectivity index (χ3n) is 0.674. The summed E-state index contributed by atoms with van der Waals surface area (Å²) in [6.45, 7) is 0. The minimum atomic E-state index is 0.722. The predicted molar refractivity (Wildman–Crippen MR) is 30.1 cm³/mol. The van der Waals surface area contributed by atoms with Gasteiger partial charge in [-0.3, -0.25) is 4.79 Å². The first-order valence-electron chi connectivity index (χ1n) is 1.96. The Kier molecular flexibility index (Phi) is 1.35. The summed E-state index contributed by atoms with van der Waals surface area (Å²) in [4.78, 5) is 10.6. The highest BCUT2D eigenvalue weighted by molar-refractivity contribution is 8.04. The third-order valence-corrected chi connectivity index (χ3v) is 1.53. The van der Waals surface area contributed by atoms with E-state index in [4.69, 9.17) is 0 Å². The number of hydrogen-bond donors (Lipinski definition) is 0. The second kappa shape index (κ2) is 2.01. The molecule has 0 fully saturated rings. The summed E-state index contributed by atoms with van der Waals surface area (Å²) < 4.78 is 0. The molecule has 2 heteroatoms. The molecule has 0 aromatic heterocycles. The molecule has 0 saturated carbocycles. The van der Waals surface area contributed by atoms with Crippen LogP contribution in [0.25, 0.3) is 0 Å². The van der Waals surface area contributed by atoms with Crippen LogP contribution in [0.15, 0.2) is 16.7 Å². The van der Waals surface area contributed by atoms with E-state index in [0.717, 1.165) is 16.9 Å². The fraction of sp³-hybridized carbons (Fsp3) is 0.200. The number of rotatable bonds is 1. The summed E-state index contributed by atoms with van der Waals surface area (Å²) >= 11 is 1.52. The Hall–Kier alpha value is -0.460. The average Bonchev–Trinajstić information content (AvgIpc) is 2.14. The molecule has 0 radical (unpaired) electrons. The zero-order chi connectivity index (χ0) is 5.11. The summed E-state index contributed by atoms with van der Waals surface area (Å²) in [6.07, 6.45) is 2.68. The highest BCUT2D eigenvalue weighted by Gasteiger charge is 1.95. The van der Waals surface area contributed by atoms with E-state index in [-0.39, 0.29) is 0 Å². The van der Waals surface area contributed by atoms with Gasteiger partial charge in [-0.2, -0.15) is 0 Å². The lowest BCUT2D eigenvalue weighted by atomic mass is 10.6. The number of carbonyl (C=O) groups is 1. The van der Waals surface area contributed by atoms with Crippen molar-refractivity contribution in [2.45, 2.75) is 0 Å². The number of carbonyl (C=O) groups excluding carboxylic acids is 1. The highest BCUT2D eigenvalue weighted by Crippen LogP contribution is 2.15. The topological polar surface area (TPSA) is 17.1 Å². The first kappa shape index (κ1) is 4.69. The Balaban J connectivity index is 2.72. The van der Waals surface area contributed by atoms with Crippen molar-refractivity contribution in [1.82, 2.24) is 0 Å². The van der Waals surface area contributed by atoms with Gasteiger partial charge in [-0.15, -0.1) is 17.5 Å². The Morgan fingerprint density at radius 2 is 2.86 bits per heavy atom. The van der Waals surface area contributed by atoms with Crippen LogP contribution in [0, 0.1) is 0 Å². The van der Waals surface area contributed by atoms with Crippen molar-refractivity contribution in [3.05, 3.63) is 16.7 Å². The van der Waals surface area contributed by atoms with E-state index in [2.05, 4.69) is 5.73 Å². The van der Waals surface area contributed by atoms with E-state index < -0.39 is 0 Å². The lowest BCUT2D eigenvalue weighted by Gasteiger charge is -1.78. The average molecular weight is 112 g/mol. The molecule has 0 amide bonds. The van der Waals surface area contributed by atoms with E-state index in [0.29, 0.717) is 0 Å². The van der Waals surface area contributed by atoms with Gasteiger partial charge in [0, 0.05) is 5.75 Å². The van der Waals surface area contributed by atoms with Crippen LogP contribution in [0.3, 0.4) is 0 Å². The fourth-order valence-corrected chi connectivity index (χ4v) is 0.964. The monoisotopic (exact) mass is 112 g/mol. The molecule has 0 saturated heterocycles. The van der Waals surface area contributed by atoms with Gasteiger partial charge in [0.1, 0.15) is 0 Å². The smallest absolute Gasteiger partial charge is 0.164 e. The predicted octanol–water partition coefficient (Wildman–Crippen LogP) is 0.971. The molecule has 0 spiro atoms. The van der Waals surface area contributed by atoms with Gasteiger partial charge >= 0.3 is 0 Å². The van der Waals surface area contributed by atoms with Crippen LogP contribution in [-0.2, 0) is 4.79 Å². The molecule has 0 unspecified atom stereocenters. The number of thioether (sulfide) groups is 1. The Morgan fingerprint density at radius 3 is 3.14 bits per heavy atom. The van der Waals surface area contributed by atoms with Crippen LogP contribution in [0.4, 0.5) is 0 Å². The largest absolute Gasteiger partial charge is 0.297 e. The van der Waals surface area contributed by atoms with E-state index >= 15 is 0 Å². The second-order valence-electron chi connectivity index (χ2n) is 1.14. The Morgan fingerprint density at radius 1 is 2.00 bits per heavy atom. The minimum Gasteiger partial charge on any atom is -0.297 e. The highest BCUT2D eigenvalue weighted by atomic mass is 32.2. The first-order valence-corrected chi connectivity index (χ1v) is 2.95. The summed E-state index contributed by atoms with van der Waals surface area (Å²) in [5, 5.41) is 0. The molecule has 1 heterocycles. The van der Waals surface area contributed by atoms with Crippen LogP contribution >= 0.6 is 11.8 Å². The number of aldehydes is 1. The molecular formula is C5H4OS. The van der Waals surface area contributed by atoms with Crippen molar-refractivity contribution < 1.29 is 4.79 Å². The van der Waals surface area contributed by atoms with E-state index in [1.807, 2.05) is 6.08 Å². The maximum atomic E-state index is 9.87. The molecule has 1 aliphatic heterocycles. The van der Waals surface area contributed by atoms with E-state index in [9.17, 15) is 4.79 Å². The van der Waals surface area contributed by atoms with Crippen molar-refractivity contribution in [2.24, 2.45) is 0 Å². The van der Waals surface area contributed by atoms with Crippen molar-refractivity contribution in [3.8, 4) is 0 Å². The van der Waals surface area contributed by atoms with Crippen molar-refractivity contribution in [3.63, 3.8) is 0 Å². The van der Waals surface area contributed by atoms with Crippen LogP contribution in [-0.4, -0.2) is 12.0 Å². The molecule has 1 rings (SSSR count). The molecule has 0 aromatic rings. The normalized spacial score (nSPS) is 16.9. The SMILES string of the molecule is O=CC1=C=CCS1. The maximum Gasteiger partial charge on any atom is 0.164 e. The second-order valence-corrected chi connectivity index (χ2v) is 2.20. The van der Waals surface area contributed by atoms with Gasteiger partial charge in [-0.05, 0) is 6.08 Å². The minimum absolute atomic E-state index is 0.722. The summed E-state index contributed by atoms with van der Waals surface area (Å²) in [5.41, 5.74) is 2.79. The lowest BCUT2D eigenvalue weighted by molar-refractivity contribution is -0.104. The Labute approximate surface area is 46.1 Å². The van der Waals surface area contributed by atoms with Crippen LogP contribution in [0.1, 0.15) is 0 Å². The van der Waals surface area contributed by atoms with Gasteiger partial charge in [0.2, 0.25) is 0 Å². The third kappa shape index (κ3) is 0.952. The van der Waals surface area contributed by atoms with Crippen molar-refractivity contribution in [1.29, 1.82) is 0 Å². The molecule has 1 aliphatic rings. The zero-order valence-corrected chi connectivity index (χ0v) is 4.49. The van der Waals surface area contributed by atoms with Crippen LogP contribution in [0.5, 0.6) is 0 Å². The van der Waals surface area contributed by atoms with Gasteiger partial charge < -0.3 is 0 Å². The molecule has 0 atom stereocenters. The van der Waals surface area contributed by atoms with Crippen LogP contribution < -0.4 is 0 Å². The van der Waals surface area contributed by atoms with Gasteiger partial charge in [-0.25, -0.2) is 0 Å². The van der Waals surface area contributed by atoms with Gasteiger partial charge in [0.25, 0.3) is 0 Å². The quantitative estimate of drug-likeness (QED) is 0.371. The van der Waals surface area contributed by atoms with E-state index in [1.165, 1.54) is 11.8 Å². The molecule has 0 aromatic carbocycles. The molecule has 0 N–H and O–H groups in total. The fourth-order valence-electron chi connectivity index (χ4n) is 0.383. The van der Waals surface area contributed by atoms with Gasteiger partial charge in [-0.1, -0.05) is 0 Å². The molecule has 36 valence electrons. The summed E-state index contributed by atoms with van der Waals surface area (Å²) in [7, 11) is 0. The molecule has 1 nitrogen and oxygen atoms in total. The molecular weight excluding hydrogens is 108 g/mol. The summed E-state index contributed by atoms with van der Waals surface area (Å²) in [5.74, 6) is 0.911. The molecule has 0 aliphatic carbocycles. The van der Waals surface area contributed by atoms with E-state index in [1.54, 1.807) is 0 Å². The number of hydrogen-bond acceptors (Lipinski definition) is 2. The van der Waals surface area contributed by atoms with Crippen molar-refractivity contribution in [2.75, 3.05) is 5.75 Å². The zero-order valence-electron chi connectivity index (χ0n) is 3.68.